The van der Waals surface area contributed by atoms with E-state index in [2.05, 4.69) is 5.32 Å². The van der Waals surface area contributed by atoms with E-state index in [1.807, 2.05) is 0 Å². The summed E-state index contributed by atoms with van der Waals surface area (Å²) in [5.74, 6) is -1.90. The van der Waals surface area contributed by atoms with Crippen molar-refractivity contribution in [3.05, 3.63) is 23.8 Å². The highest BCUT2D eigenvalue weighted by molar-refractivity contribution is 6.09. The Kier molecular flexibility index (Phi) is 5.43. The molecule has 0 bridgehead atoms. The maximum absolute atomic E-state index is 12.5. The zero-order chi connectivity index (χ0) is 19.6. The van der Waals surface area contributed by atoms with Gasteiger partial charge >= 0.3 is 5.97 Å². The van der Waals surface area contributed by atoms with Crippen LogP contribution in [0.1, 0.15) is 36.0 Å². The standard InChI is InChI=1S/C19H22N2O6/c1-26-11-7-8-15(14(9-11)19(25)27-2)20-16(22)10-21-17(23)12-5-3-4-6-13(12)18(21)24/h7-9,12-13H,3-6,10H2,1-2H3,(H,20,22)/t12-,13-/m0/s1. The van der Waals surface area contributed by atoms with Gasteiger partial charge in [0, 0.05) is 0 Å². The lowest BCUT2D eigenvalue weighted by molar-refractivity contribution is -0.142. The Morgan fingerprint density at radius 3 is 2.30 bits per heavy atom. The molecule has 1 aromatic rings. The third-order valence-electron chi connectivity index (χ3n) is 5.14. The van der Waals surface area contributed by atoms with Crippen LogP contribution in [-0.4, -0.2) is 49.4 Å². The lowest BCUT2D eigenvalue weighted by Crippen LogP contribution is -2.38. The van der Waals surface area contributed by atoms with E-state index in [0.717, 1.165) is 17.7 Å². The van der Waals surface area contributed by atoms with Crippen molar-refractivity contribution in [2.45, 2.75) is 25.7 Å². The van der Waals surface area contributed by atoms with Crippen LogP contribution in [-0.2, 0) is 19.1 Å². The Morgan fingerprint density at radius 2 is 1.74 bits per heavy atom. The van der Waals surface area contributed by atoms with E-state index in [1.165, 1.54) is 26.4 Å². The second-order valence-electron chi connectivity index (χ2n) is 6.71. The normalized spacial score (nSPS) is 21.6. The number of anilines is 1. The molecule has 1 aliphatic carbocycles. The number of amides is 3. The first-order valence-corrected chi connectivity index (χ1v) is 8.87. The number of methoxy groups -OCH3 is 2. The number of hydrogen-bond donors (Lipinski definition) is 1. The van der Waals surface area contributed by atoms with Gasteiger partial charge in [-0.3, -0.25) is 19.3 Å². The third kappa shape index (κ3) is 3.65. The van der Waals surface area contributed by atoms with Crippen molar-refractivity contribution < 1.29 is 28.7 Å². The van der Waals surface area contributed by atoms with Gasteiger partial charge in [-0.25, -0.2) is 4.79 Å². The maximum atomic E-state index is 12.5. The molecule has 1 N–H and O–H groups in total. The van der Waals surface area contributed by atoms with E-state index in [-0.39, 0.29) is 41.4 Å². The first kappa shape index (κ1) is 18.9. The number of carbonyl (C=O) groups is 4. The molecule has 1 saturated heterocycles. The monoisotopic (exact) mass is 374 g/mol. The number of esters is 1. The molecular weight excluding hydrogens is 352 g/mol. The fraction of sp³-hybridized carbons (Fsp3) is 0.474. The minimum Gasteiger partial charge on any atom is -0.497 e. The van der Waals surface area contributed by atoms with Crippen molar-refractivity contribution in [3.63, 3.8) is 0 Å². The van der Waals surface area contributed by atoms with Crippen LogP contribution in [0.5, 0.6) is 5.75 Å². The average Bonchev–Trinajstić information content (AvgIpc) is 2.93. The van der Waals surface area contributed by atoms with E-state index in [0.29, 0.717) is 18.6 Å². The molecule has 8 heteroatoms. The molecule has 0 radical (unpaired) electrons. The molecule has 144 valence electrons. The zero-order valence-corrected chi connectivity index (χ0v) is 15.3. The quantitative estimate of drug-likeness (QED) is 0.620. The maximum Gasteiger partial charge on any atom is 0.340 e. The number of likely N-dealkylation sites (tertiary alicyclic amines) is 1. The Labute approximate surface area is 156 Å². The molecule has 0 spiro atoms. The fourth-order valence-corrected chi connectivity index (χ4v) is 3.76. The van der Waals surface area contributed by atoms with Crippen LogP contribution in [0, 0.1) is 11.8 Å². The number of carbonyl (C=O) groups excluding carboxylic acids is 4. The van der Waals surface area contributed by atoms with Crippen molar-refractivity contribution in [3.8, 4) is 5.75 Å². The Balaban J connectivity index is 1.73. The van der Waals surface area contributed by atoms with Crippen molar-refractivity contribution in [1.82, 2.24) is 4.90 Å². The highest BCUT2D eigenvalue weighted by Gasteiger charge is 2.48. The van der Waals surface area contributed by atoms with Gasteiger partial charge in [-0.2, -0.15) is 0 Å². The highest BCUT2D eigenvalue weighted by atomic mass is 16.5. The van der Waals surface area contributed by atoms with Crippen LogP contribution in [0.3, 0.4) is 0 Å². The molecule has 27 heavy (non-hydrogen) atoms. The Bertz CT molecular complexity index is 766. The SMILES string of the molecule is COC(=O)c1cc(OC)ccc1NC(=O)CN1C(=O)[C@H]2CCCC[C@@H]2C1=O. The molecule has 2 fully saturated rings. The number of nitrogens with zero attached hydrogens (tertiary/aromatic N) is 1. The number of fused-ring (bicyclic) bond motifs is 1. The first-order valence-electron chi connectivity index (χ1n) is 8.87. The second kappa shape index (κ2) is 7.77. The summed E-state index contributed by atoms with van der Waals surface area (Å²) in [6, 6.07) is 4.54. The number of benzene rings is 1. The van der Waals surface area contributed by atoms with Gasteiger partial charge in [0.05, 0.1) is 37.3 Å². The fourth-order valence-electron chi connectivity index (χ4n) is 3.76. The summed E-state index contributed by atoms with van der Waals surface area (Å²) < 4.78 is 9.81. The van der Waals surface area contributed by atoms with E-state index < -0.39 is 11.9 Å². The van der Waals surface area contributed by atoms with Gasteiger partial charge in [0.2, 0.25) is 17.7 Å². The number of imide groups is 1. The molecular formula is C19H22N2O6. The summed E-state index contributed by atoms with van der Waals surface area (Å²) in [5, 5.41) is 2.58. The van der Waals surface area contributed by atoms with Crippen molar-refractivity contribution in [2.24, 2.45) is 11.8 Å². The molecule has 3 rings (SSSR count). The lowest BCUT2D eigenvalue weighted by atomic mass is 9.81. The van der Waals surface area contributed by atoms with Gasteiger partial charge in [-0.1, -0.05) is 12.8 Å². The van der Waals surface area contributed by atoms with Crippen molar-refractivity contribution in [2.75, 3.05) is 26.1 Å². The van der Waals surface area contributed by atoms with Crippen LogP contribution in [0.4, 0.5) is 5.69 Å². The van der Waals surface area contributed by atoms with Gasteiger partial charge in [0.1, 0.15) is 12.3 Å². The largest absolute Gasteiger partial charge is 0.497 e. The van der Waals surface area contributed by atoms with Gasteiger partial charge < -0.3 is 14.8 Å². The van der Waals surface area contributed by atoms with Gasteiger partial charge in [-0.15, -0.1) is 0 Å². The first-order chi connectivity index (χ1) is 13.0. The van der Waals surface area contributed by atoms with E-state index in [4.69, 9.17) is 9.47 Å². The second-order valence-corrected chi connectivity index (χ2v) is 6.71. The summed E-state index contributed by atoms with van der Waals surface area (Å²) in [7, 11) is 2.69. The molecule has 0 aromatic heterocycles. The topological polar surface area (TPSA) is 102 Å². The molecule has 3 amide bonds. The summed E-state index contributed by atoms with van der Waals surface area (Å²) >= 11 is 0. The van der Waals surface area contributed by atoms with Crippen LogP contribution in [0.15, 0.2) is 18.2 Å². The predicted octanol–water partition coefficient (Wildman–Crippen LogP) is 1.60. The van der Waals surface area contributed by atoms with Gasteiger partial charge in [0.15, 0.2) is 0 Å². The van der Waals surface area contributed by atoms with Gasteiger partial charge in [-0.05, 0) is 31.0 Å². The van der Waals surface area contributed by atoms with E-state index in [9.17, 15) is 19.2 Å². The summed E-state index contributed by atoms with van der Waals surface area (Å²) in [6.45, 7) is -0.364. The molecule has 2 aliphatic rings. The van der Waals surface area contributed by atoms with Gasteiger partial charge in [0.25, 0.3) is 0 Å². The molecule has 0 unspecified atom stereocenters. The van der Waals surface area contributed by atoms with E-state index in [1.54, 1.807) is 6.07 Å². The average molecular weight is 374 g/mol. The Morgan fingerprint density at radius 1 is 1.11 bits per heavy atom. The molecule has 1 aromatic carbocycles. The van der Waals surface area contributed by atoms with Crippen LogP contribution >= 0.6 is 0 Å². The third-order valence-corrected chi connectivity index (χ3v) is 5.14. The number of nitrogens with one attached hydrogen (secondary N) is 1. The number of rotatable bonds is 5. The molecule has 8 nitrogen and oxygen atoms in total. The predicted molar refractivity (Wildman–Crippen MR) is 95.1 cm³/mol. The van der Waals surface area contributed by atoms with Crippen molar-refractivity contribution in [1.29, 1.82) is 0 Å². The lowest BCUT2D eigenvalue weighted by Gasteiger charge is -2.19. The van der Waals surface area contributed by atoms with Crippen LogP contribution < -0.4 is 10.1 Å². The molecule has 2 atom stereocenters. The minimum absolute atomic E-state index is 0.123. The molecule has 1 aliphatic heterocycles. The highest BCUT2D eigenvalue weighted by Crippen LogP contribution is 2.37. The number of hydrogen-bond acceptors (Lipinski definition) is 6. The Hall–Kier alpha value is -2.90. The van der Waals surface area contributed by atoms with Crippen LogP contribution in [0.2, 0.25) is 0 Å². The summed E-state index contributed by atoms with van der Waals surface area (Å²) in [6.07, 6.45) is 3.24. The van der Waals surface area contributed by atoms with Crippen molar-refractivity contribution >= 4 is 29.4 Å². The smallest absolute Gasteiger partial charge is 0.340 e. The summed E-state index contributed by atoms with van der Waals surface area (Å²) in [4.78, 5) is 50.4. The molecule has 1 saturated carbocycles. The van der Waals surface area contributed by atoms with E-state index >= 15 is 0 Å². The zero-order valence-electron chi connectivity index (χ0n) is 15.3. The minimum atomic E-state index is -0.636. The summed E-state index contributed by atoms with van der Waals surface area (Å²) in [5.41, 5.74) is 0.349. The van der Waals surface area contributed by atoms with Crippen LogP contribution in [0.25, 0.3) is 0 Å². The number of ether oxygens (including phenoxy) is 2. The molecule has 1 heterocycles.